The van der Waals surface area contributed by atoms with E-state index in [1.165, 1.54) is 64.2 Å². The third-order valence-electron chi connectivity index (χ3n) is 5.92. The lowest BCUT2D eigenvalue weighted by Gasteiger charge is -2.25. The Kier molecular flexibility index (Phi) is 3.75. The van der Waals surface area contributed by atoms with Crippen molar-refractivity contribution >= 4 is 0 Å². The summed E-state index contributed by atoms with van der Waals surface area (Å²) in [7, 11) is 2.19. The largest absolute Gasteiger partial charge is 0.317 e. The molecule has 17 heavy (non-hydrogen) atoms. The minimum Gasteiger partial charge on any atom is -0.317 e. The number of rotatable bonds is 5. The first kappa shape index (κ1) is 12.0. The molecule has 0 aromatic carbocycles. The van der Waals surface area contributed by atoms with Gasteiger partial charge in [-0.15, -0.1) is 0 Å². The highest BCUT2D eigenvalue weighted by molar-refractivity contribution is 5.05. The Bertz CT molecular complexity index is 234. The molecular weight excluding hydrogens is 206 g/mol. The molecule has 0 spiro atoms. The lowest BCUT2D eigenvalue weighted by molar-refractivity contribution is 0.300. The molecule has 1 heteroatoms. The summed E-state index contributed by atoms with van der Waals surface area (Å²) in [5.74, 6) is 4.38. The predicted octanol–water partition coefficient (Wildman–Crippen LogP) is 3.98. The zero-order chi connectivity index (χ0) is 11.7. The van der Waals surface area contributed by atoms with E-state index in [0.717, 1.165) is 29.7 Å². The van der Waals surface area contributed by atoms with E-state index in [2.05, 4.69) is 12.4 Å². The number of hydrogen-bond donors (Lipinski definition) is 1. The van der Waals surface area contributed by atoms with Gasteiger partial charge in [-0.3, -0.25) is 0 Å². The molecule has 3 saturated carbocycles. The van der Waals surface area contributed by atoms with Crippen molar-refractivity contribution in [2.75, 3.05) is 7.05 Å². The van der Waals surface area contributed by atoms with E-state index >= 15 is 0 Å². The van der Waals surface area contributed by atoms with Crippen molar-refractivity contribution in [2.24, 2.45) is 23.7 Å². The second-order valence-corrected chi connectivity index (χ2v) is 6.81. The fourth-order valence-electron chi connectivity index (χ4n) is 4.89. The third kappa shape index (κ3) is 2.54. The minimum atomic E-state index is 0.854. The molecule has 1 nitrogen and oxygen atoms in total. The van der Waals surface area contributed by atoms with Gasteiger partial charge in [0.15, 0.2) is 0 Å². The summed E-state index contributed by atoms with van der Waals surface area (Å²) in [6.07, 6.45) is 15.1. The second-order valence-electron chi connectivity index (χ2n) is 6.81. The van der Waals surface area contributed by atoms with Gasteiger partial charge in [-0.05, 0) is 56.4 Å². The Morgan fingerprint density at radius 1 is 0.941 bits per heavy atom. The van der Waals surface area contributed by atoms with E-state index in [1.807, 2.05) is 0 Å². The van der Waals surface area contributed by atoms with Crippen LogP contribution in [0.4, 0.5) is 0 Å². The molecule has 3 aliphatic rings. The molecule has 0 aromatic heterocycles. The Hall–Kier alpha value is -0.0400. The SMILES string of the molecule is CNC(CCC1CCCCC1)C1C2CCCC21. The lowest BCUT2D eigenvalue weighted by atomic mass is 9.84. The van der Waals surface area contributed by atoms with E-state index in [9.17, 15) is 0 Å². The maximum atomic E-state index is 3.63. The van der Waals surface area contributed by atoms with E-state index in [-0.39, 0.29) is 0 Å². The molecule has 0 saturated heterocycles. The van der Waals surface area contributed by atoms with Crippen molar-refractivity contribution in [1.82, 2.24) is 5.32 Å². The van der Waals surface area contributed by atoms with Crippen molar-refractivity contribution < 1.29 is 0 Å². The third-order valence-corrected chi connectivity index (χ3v) is 5.92. The highest BCUT2D eigenvalue weighted by atomic mass is 14.9. The summed E-state index contributed by atoms with van der Waals surface area (Å²) in [6.45, 7) is 0. The summed E-state index contributed by atoms with van der Waals surface area (Å²) >= 11 is 0. The molecule has 3 atom stereocenters. The maximum Gasteiger partial charge on any atom is 0.00979 e. The van der Waals surface area contributed by atoms with Crippen LogP contribution in [-0.4, -0.2) is 13.1 Å². The second kappa shape index (κ2) is 5.30. The first-order valence-corrected chi connectivity index (χ1v) is 8.07. The van der Waals surface area contributed by atoms with Crippen molar-refractivity contribution in [1.29, 1.82) is 0 Å². The van der Waals surface area contributed by atoms with Crippen molar-refractivity contribution in [3.05, 3.63) is 0 Å². The van der Waals surface area contributed by atoms with Crippen LogP contribution in [0.1, 0.15) is 64.2 Å². The first-order chi connectivity index (χ1) is 8.40. The number of hydrogen-bond acceptors (Lipinski definition) is 1. The smallest absolute Gasteiger partial charge is 0.00979 e. The summed E-state index contributed by atoms with van der Waals surface area (Å²) in [4.78, 5) is 0. The van der Waals surface area contributed by atoms with Crippen LogP contribution in [0.15, 0.2) is 0 Å². The van der Waals surface area contributed by atoms with Gasteiger partial charge in [-0.1, -0.05) is 38.5 Å². The molecule has 3 unspecified atom stereocenters. The molecule has 0 aliphatic heterocycles. The van der Waals surface area contributed by atoms with Gasteiger partial charge in [0.1, 0.15) is 0 Å². The van der Waals surface area contributed by atoms with Crippen LogP contribution in [0, 0.1) is 23.7 Å². The predicted molar refractivity (Wildman–Crippen MR) is 73.0 cm³/mol. The van der Waals surface area contributed by atoms with Gasteiger partial charge in [0, 0.05) is 6.04 Å². The molecule has 0 aromatic rings. The Morgan fingerprint density at radius 3 is 2.29 bits per heavy atom. The molecule has 3 rings (SSSR count). The fourth-order valence-corrected chi connectivity index (χ4v) is 4.89. The van der Waals surface area contributed by atoms with Crippen LogP contribution in [0.2, 0.25) is 0 Å². The van der Waals surface area contributed by atoms with Crippen LogP contribution < -0.4 is 5.32 Å². The van der Waals surface area contributed by atoms with Crippen LogP contribution in [0.25, 0.3) is 0 Å². The fraction of sp³-hybridized carbons (Fsp3) is 1.00. The highest BCUT2D eigenvalue weighted by Gasteiger charge is 2.55. The monoisotopic (exact) mass is 235 g/mol. The summed E-state index contributed by atoms with van der Waals surface area (Å²) in [5.41, 5.74) is 0. The highest BCUT2D eigenvalue weighted by Crippen LogP contribution is 2.59. The minimum absolute atomic E-state index is 0.854. The van der Waals surface area contributed by atoms with Gasteiger partial charge in [0.25, 0.3) is 0 Å². The molecule has 0 bridgehead atoms. The summed E-state index contributed by atoms with van der Waals surface area (Å²) < 4.78 is 0. The van der Waals surface area contributed by atoms with Crippen LogP contribution in [0.3, 0.4) is 0 Å². The Labute approximate surface area is 107 Å². The molecule has 3 aliphatic carbocycles. The first-order valence-electron chi connectivity index (χ1n) is 8.07. The van der Waals surface area contributed by atoms with Gasteiger partial charge < -0.3 is 5.32 Å². The zero-order valence-corrected chi connectivity index (χ0v) is 11.5. The zero-order valence-electron chi connectivity index (χ0n) is 11.5. The summed E-state index contributed by atoms with van der Waals surface area (Å²) in [5, 5.41) is 3.63. The van der Waals surface area contributed by atoms with Gasteiger partial charge in [-0.2, -0.15) is 0 Å². The Morgan fingerprint density at radius 2 is 1.65 bits per heavy atom. The van der Waals surface area contributed by atoms with Gasteiger partial charge in [0.05, 0.1) is 0 Å². The van der Waals surface area contributed by atoms with Gasteiger partial charge >= 0.3 is 0 Å². The standard InChI is InChI=1S/C16H29N/c1-17-15(16-13-8-5-9-14(13)16)11-10-12-6-3-2-4-7-12/h12-17H,2-11H2,1H3. The lowest BCUT2D eigenvalue weighted by Crippen LogP contribution is -2.30. The molecule has 0 radical (unpaired) electrons. The molecule has 1 N–H and O–H groups in total. The van der Waals surface area contributed by atoms with Crippen LogP contribution in [-0.2, 0) is 0 Å². The topological polar surface area (TPSA) is 12.0 Å². The molecule has 98 valence electrons. The molecular formula is C16H29N. The van der Waals surface area contributed by atoms with E-state index in [4.69, 9.17) is 0 Å². The van der Waals surface area contributed by atoms with Crippen molar-refractivity contribution in [2.45, 2.75) is 70.3 Å². The van der Waals surface area contributed by atoms with E-state index < -0.39 is 0 Å². The van der Waals surface area contributed by atoms with E-state index in [0.29, 0.717) is 0 Å². The maximum absolute atomic E-state index is 3.63. The normalized spacial score (nSPS) is 39.0. The number of fused-ring (bicyclic) bond motifs is 1. The van der Waals surface area contributed by atoms with Crippen LogP contribution in [0.5, 0.6) is 0 Å². The molecule has 0 amide bonds. The Balaban J connectivity index is 1.43. The van der Waals surface area contributed by atoms with Gasteiger partial charge in [0.2, 0.25) is 0 Å². The average Bonchev–Trinajstić information content (AvgIpc) is 2.86. The number of nitrogens with one attached hydrogen (secondary N) is 1. The van der Waals surface area contributed by atoms with Crippen molar-refractivity contribution in [3.8, 4) is 0 Å². The van der Waals surface area contributed by atoms with E-state index in [1.54, 1.807) is 0 Å². The quantitative estimate of drug-likeness (QED) is 0.760. The van der Waals surface area contributed by atoms with Gasteiger partial charge in [-0.25, -0.2) is 0 Å². The van der Waals surface area contributed by atoms with Crippen LogP contribution >= 0.6 is 0 Å². The molecule has 3 fully saturated rings. The molecule has 0 heterocycles. The summed E-state index contributed by atoms with van der Waals surface area (Å²) in [6, 6.07) is 0.854. The average molecular weight is 235 g/mol. The van der Waals surface area contributed by atoms with Crippen molar-refractivity contribution in [3.63, 3.8) is 0 Å².